The number of aliphatic hydroxyl groups is 2. The van der Waals surface area contributed by atoms with Gasteiger partial charge in [-0.05, 0) is 29.7 Å². The van der Waals surface area contributed by atoms with Crippen LogP contribution in [0.5, 0.6) is 0 Å². The molecule has 0 aliphatic rings. The van der Waals surface area contributed by atoms with Gasteiger partial charge < -0.3 is 10.2 Å². The topological polar surface area (TPSA) is 40.5 Å². The Bertz CT molecular complexity index is 397. The summed E-state index contributed by atoms with van der Waals surface area (Å²) in [7, 11) is 0. The molecule has 0 aliphatic carbocycles. The monoisotopic (exact) mass is 246 g/mol. The third kappa shape index (κ3) is 3.87. The normalized spacial score (nSPS) is 12.3. The Labute approximate surface area is 97.0 Å². The molecule has 0 amide bonds. The lowest BCUT2D eigenvalue weighted by molar-refractivity contribution is -0.137. The molecule has 94 valence electrons. The van der Waals surface area contributed by atoms with Gasteiger partial charge in [-0.2, -0.15) is 13.2 Å². The number of halogens is 3. The number of rotatable bonds is 4. The molecule has 0 aromatic heterocycles. The number of benzene rings is 1. The van der Waals surface area contributed by atoms with Gasteiger partial charge in [-0.1, -0.05) is 18.2 Å². The maximum atomic E-state index is 12.4. The highest BCUT2D eigenvalue weighted by molar-refractivity contribution is 5.54. The van der Waals surface area contributed by atoms with E-state index in [1.807, 2.05) is 0 Å². The molecule has 0 saturated carbocycles. The fourth-order valence-corrected chi connectivity index (χ4v) is 1.37. The van der Waals surface area contributed by atoms with E-state index >= 15 is 0 Å². The van der Waals surface area contributed by atoms with E-state index in [2.05, 4.69) is 0 Å². The van der Waals surface area contributed by atoms with E-state index in [9.17, 15) is 13.2 Å². The molecule has 2 N–H and O–H groups in total. The van der Waals surface area contributed by atoms with Crippen LogP contribution in [0.25, 0.3) is 6.08 Å². The van der Waals surface area contributed by atoms with Gasteiger partial charge >= 0.3 is 6.18 Å². The van der Waals surface area contributed by atoms with Crippen molar-refractivity contribution >= 4 is 6.08 Å². The van der Waals surface area contributed by atoms with Crippen LogP contribution in [0.15, 0.2) is 24.3 Å². The highest BCUT2D eigenvalue weighted by atomic mass is 19.4. The predicted molar refractivity (Wildman–Crippen MR) is 58.1 cm³/mol. The third-order valence-electron chi connectivity index (χ3n) is 2.23. The highest BCUT2D eigenvalue weighted by Crippen LogP contribution is 2.30. The molecule has 1 aromatic rings. The summed E-state index contributed by atoms with van der Waals surface area (Å²) in [6, 6.07) is 3.21. The van der Waals surface area contributed by atoms with Crippen molar-refractivity contribution in [2.75, 3.05) is 6.61 Å². The van der Waals surface area contributed by atoms with Crippen molar-refractivity contribution in [2.24, 2.45) is 0 Å². The van der Waals surface area contributed by atoms with Crippen LogP contribution < -0.4 is 0 Å². The lowest BCUT2D eigenvalue weighted by Gasteiger charge is -2.10. The molecule has 0 spiro atoms. The molecule has 0 radical (unpaired) electrons. The number of hydrogen-bond donors (Lipinski definition) is 2. The standard InChI is InChI=1S/C12H13F3O2/c13-12(14,15)11-5-4-9(3-1-2-6-16)10(7-11)8-17/h1,3-5,7,16-17H,2,6,8H2. The van der Waals surface area contributed by atoms with Crippen LogP contribution in [0.4, 0.5) is 13.2 Å². The van der Waals surface area contributed by atoms with Gasteiger partial charge in [0, 0.05) is 6.61 Å². The second-order valence-corrected chi connectivity index (χ2v) is 3.48. The smallest absolute Gasteiger partial charge is 0.396 e. The Morgan fingerprint density at radius 2 is 1.88 bits per heavy atom. The fourth-order valence-electron chi connectivity index (χ4n) is 1.37. The molecule has 0 unspecified atom stereocenters. The predicted octanol–water partition coefficient (Wildman–Crippen LogP) is 2.59. The van der Waals surface area contributed by atoms with E-state index < -0.39 is 18.3 Å². The summed E-state index contributed by atoms with van der Waals surface area (Å²) >= 11 is 0. The number of alkyl halides is 3. The molecule has 0 bridgehead atoms. The Hall–Kier alpha value is -1.33. The minimum absolute atomic E-state index is 0.0222. The van der Waals surface area contributed by atoms with Gasteiger partial charge in [-0.3, -0.25) is 0 Å². The van der Waals surface area contributed by atoms with Crippen LogP contribution in [-0.4, -0.2) is 16.8 Å². The quantitative estimate of drug-likeness (QED) is 0.857. The zero-order chi connectivity index (χ0) is 12.9. The van der Waals surface area contributed by atoms with Gasteiger partial charge in [-0.25, -0.2) is 0 Å². The van der Waals surface area contributed by atoms with E-state index in [0.717, 1.165) is 12.1 Å². The second kappa shape index (κ2) is 5.84. The van der Waals surface area contributed by atoms with Crippen molar-refractivity contribution < 1.29 is 23.4 Å². The van der Waals surface area contributed by atoms with Gasteiger partial charge in [0.1, 0.15) is 0 Å². The number of hydrogen-bond acceptors (Lipinski definition) is 2. The van der Waals surface area contributed by atoms with E-state index in [1.165, 1.54) is 6.07 Å². The summed E-state index contributed by atoms with van der Waals surface area (Å²) in [6.07, 6.45) is -0.757. The Morgan fingerprint density at radius 3 is 2.41 bits per heavy atom. The first-order valence-electron chi connectivity index (χ1n) is 5.07. The number of aliphatic hydroxyl groups excluding tert-OH is 2. The summed E-state index contributed by atoms with van der Waals surface area (Å²) < 4.78 is 37.2. The Kier molecular flexibility index (Phi) is 4.72. The molecule has 0 atom stereocenters. The van der Waals surface area contributed by atoms with Crippen LogP contribution in [-0.2, 0) is 12.8 Å². The van der Waals surface area contributed by atoms with Crippen LogP contribution in [0.1, 0.15) is 23.1 Å². The summed E-state index contributed by atoms with van der Waals surface area (Å²) in [5.41, 5.74) is -0.0381. The Balaban J connectivity index is 3.01. The minimum atomic E-state index is -4.41. The minimum Gasteiger partial charge on any atom is -0.396 e. The van der Waals surface area contributed by atoms with Crippen LogP contribution >= 0.6 is 0 Å². The second-order valence-electron chi connectivity index (χ2n) is 3.48. The van der Waals surface area contributed by atoms with E-state index in [0.29, 0.717) is 12.0 Å². The molecule has 1 aromatic carbocycles. The fraction of sp³-hybridized carbons (Fsp3) is 0.333. The molecule has 1 rings (SSSR count). The average molecular weight is 246 g/mol. The van der Waals surface area contributed by atoms with Crippen LogP contribution in [0, 0.1) is 0 Å². The van der Waals surface area contributed by atoms with Gasteiger partial charge in [-0.15, -0.1) is 0 Å². The maximum Gasteiger partial charge on any atom is 0.416 e. The average Bonchev–Trinajstić information content (AvgIpc) is 2.28. The maximum absolute atomic E-state index is 12.4. The molecule has 0 saturated heterocycles. The van der Waals surface area contributed by atoms with Gasteiger partial charge in [0.25, 0.3) is 0 Å². The first-order valence-corrected chi connectivity index (χ1v) is 5.07. The van der Waals surface area contributed by atoms with E-state index in [4.69, 9.17) is 10.2 Å². The molecular weight excluding hydrogens is 233 g/mol. The molecule has 0 fully saturated rings. The largest absolute Gasteiger partial charge is 0.416 e. The summed E-state index contributed by atoms with van der Waals surface area (Å²) in [5, 5.41) is 17.6. The van der Waals surface area contributed by atoms with Crippen molar-refractivity contribution in [3.05, 3.63) is 41.0 Å². The van der Waals surface area contributed by atoms with E-state index in [1.54, 1.807) is 12.2 Å². The summed E-state index contributed by atoms with van der Waals surface area (Å²) in [4.78, 5) is 0. The van der Waals surface area contributed by atoms with Gasteiger partial charge in [0.2, 0.25) is 0 Å². The lowest BCUT2D eigenvalue weighted by Crippen LogP contribution is -2.06. The van der Waals surface area contributed by atoms with Crippen LogP contribution in [0.2, 0.25) is 0 Å². The molecule has 5 heteroatoms. The van der Waals surface area contributed by atoms with Gasteiger partial charge in [0.15, 0.2) is 0 Å². The molecular formula is C12H13F3O2. The van der Waals surface area contributed by atoms with Crippen molar-refractivity contribution in [1.82, 2.24) is 0 Å². The van der Waals surface area contributed by atoms with Crippen LogP contribution in [0.3, 0.4) is 0 Å². The van der Waals surface area contributed by atoms with Gasteiger partial charge in [0.05, 0.1) is 12.2 Å². The zero-order valence-electron chi connectivity index (χ0n) is 9.04. The van der Waals surface area contributed by atoms with Crippen molar-refractivity contribution in [3.63, 3.8) is 0 Å². The summed E-state index contributed by atoms with van der Waals surface area (Å²) in [5.74, 6) is 0. The first kappa shape index (κ1) is 13.7. The zero-order valence-corrected chi connectivity index (χ0v) is 9.04. The molecule has 0 aliphatic heterocycles. The molecule has 0 heterocycles. The summed E-state index contributed by atoms with van der Waals surface area (Å²) in [6.45, 7) is -0.478. The highest BCUT2D eigenvalue weighted by Gasteiger charge is 2.30. The molecule has 2 nitrogen and oxygen atoms in total. The van der Waals surface area contributed by atoms with Crippen molar-refractivity contribution in [3.8, 4) is 0 Å². The van der Waals surface area contributed by atoms with Crippen molar-refractivity contribution in [1.29, 1.82) is 0 Å². The van der Waals surface area contributed by atoms with Crippen molar-refractivity contribution in [2.45, 2.75) is 19.2 Å². The lowest BCUT2D eigenvalue weighted by atomic mass is 10.0. The van der Waals surface area contributed by atoms with E-state index in [-0.39, 0.29) is 12.2 Å². The first-order chi connectivity index (χ1) is 7.99. The third-order valence-corrected chi connectivity index (χ3v) is 2.23. The Morgan fingerprint density at radius 1 is 1.18 bits per heavy atom. The SMILES string of the molecule is OCCC=Cc1ccc(C(F)(F)F)cc1CO. The molecule has 17 heavy (non-hydrogen) atoms.